The van der Waals surface area contributed by atoms with E-state index < -0.39 is 0 Å². The van der Waals surface area contributed by atoms with Gasteiger partial charge >= 0.3 is 0 Å². The molecule has 1 aromatic carbocycles. The lowest BCUT2D eigenvalue weighted by Crippen LogP contribution is -1.99. The van der Waals surface area contributed by atoms with Gasteiger partial charge in [0.05, 0.1) is 12.6 Å². The third-order valence-corrected chi connectivity index (χ3v) is 2.85. The highest BCUT2D eigenvalue weighted by molar-refractivity contribution is 5.91. The summed E-state index contributed by atoms with van der Waals surface area (Å²) in [7, 11) is 1.63. The van der Waals surface area contributed by atoms with Crippen LogP contribution in [0.15, 0.2) is 24.4 Å². The molecule has 1 aromatic heterocycles. The first-order valence-corrected chi connectivity index (χ1v) is 5.59. The van der Waals surface area contributed by atoms with Crippen LogP contribution in [-0.4, -0.2) is 18.4 Å². The van der Waals surface area contributed by atoms with Gasteiger partial charge in [0.1, 0.15) is 5.75 Å². The molecule has 0 bridgehead atoms. The second-order valence-corrected chi connectivity index (χ2v) is 4.28. The molecule has 0 fully saturated rings. The standard InChI is InChI=1S/C14H15NO2/c1-9(2)14-10(8-16)7-15-13-5-4-11(17-3)6-12(13)14/h4-9H,1-3H3. The molecule has 2 rings (SSSR count). The van der Waals surface area contributed by atoms with Crippen molar-refractivity contribution in [1.29, 1.82) is 0 Å². The van der Waals surface area contributed by atoms with Crippen molar-refractivity contribution in [2.45, 2.75) is 19.8 Å². The summed E-state index contributed by atoms with van der Waals surface area (Å²) in [5.41, 5.74) is 2.57. The molecule has 0 spiro atoms. The molecule has 0 saturated carbocycles. The second-order valence-electron chi connectivity index (χ2n) is 4.28. The van der Waals surface area contributed by atoms with Gasteiger partial charge in [0, 0.05) is 17.1 Å². The molecule has 0 aliphatic rings. The molecule has 0 amide bonds. The van der Waals surface area contributed by atoms with E-state index in [4.69, 9.17) is 4.74 Å². The summed E-state index contributed by atoms with van der Waals surface area (Å²) in [6.45, 7) is 4.14. The molecule has 3 heteroatoms. The lowest BCUT2D eigenvalue weighted by Gasteiger charge is -2.13. The first-order valence-electron chi connectivity index (χ1n) is 5.59. The first kappa shape index (κ1) is 11.6. The fraction of sp³-hybridized carbons (Fsp3) is 0.286. The number of carbonyl (C=O) groups excluding carboxylic acids is 1. The smallest absolute Gasteiger partial charge is 0.151 e. The minimum absolute atomic E-state index is 0.271. The number of ether oxygens (including phenoxy) is 1. The number of carbonyl (C=O) groups is 1. The maximum atomic E-state index is 11.1. The number of pyridine rings is 1. The average molecular weight is 229 g/mol. The molecule has 0 radical (unpaired) electrons. The first-order chi connectivity index (χ1) is 8.17. The summed E-state index contributed by atoms with van der Waals surface area (Å²) in [5.74, 6) is 1.05. The van der Waals surface area contributed by atoms with Crippen molar-refractivity contribution in [3.8, 4) is 5.75 Å². The summed E-state index contributed by atoms with van der Waals surface area (Å²) in [6.07, 6.45) is 2.50. The Balaban J connectivity index is 2.81. The highest BCUT2D eigenvalue weighted by Gasteiger charge is 2.12. The Labute approximate surface area is 100 Å². The number of rotatable bonds is 3. The SMILES string of the molecule is COc1ccc2ncc(C=O)c(C(C)C)c2c1. The Morgan fingerprint density at radius 1 is 1.35 bits per heavy atom. The number of hydrogen-bond acceptors (Lipinski definition) is 3. The van der Waals surface area contributed by atoms with Crippen molar-refractivity contribution in [3.63, 3.8) is 0 Å². The molecule has 2 aromatic rings. The van der Waals surface area contributed by atoms with Gasteiger partial charge in [0.25, 0.3) is 0 Å². The molecule has 0 atom stereocenters. The van der Waals surface area contributed by atoms with Gasteiger partial charge < -0.3 is 4.74 Å². The minimum atomic E-state index is 0.271. The van der Waals surface area contributed by atoms with Crippen molar-refractivity contribution >= 4 is 17.2 Å². The van der Waals surface area contributed by atoms with E-state index >= 15 is 0 Å². The predicted molar refractivity (Wildman–Crippen MR) is 67.8 cm³/mol. The molecule has 0 aliphatic heterocycles. The van der Waals surface area contributed by atoms with E-state index in [1.54, 1.807) is 13.3 Å². The van der Waals surface area contributed by atoms with E-state index in [0.717, 1.165) is 28.5 Å². The number of nitrogens with zero attached hydrogens (tertiary/aromatic N) is 1. The van der Waals surface area contributed by atoms with Crippen LogP contribution in [0.5, 0.6) is 5.75 Å². The van der Waals surface area contributed by atoms with Crippen molar-refractivity contribution < 1.29 is 9.53 Å². The summed E-state index contributed by atoms with van der Waals surface area (Å²) in [6, 6.07) is 5.72. The van der Waals surface area contributed by atoms with Crippen LogP contribution >= 0.6 is 0 Å². The number of hydrogen-bond donors (Lipinski definition) is 0. The number of aromatic nitrogens is 1. The molecule has 1 heterocycles. The van der Waals surface area contributed by atoms with Gasteiger partial charge in [-0.3, -0.25) is 9.78 Å². The molecule has 0 unspecified atom stereocenters. The summed E-state index contributed by atoms with van der Waals surface area (Å²) in [5, 5.41) is 0.990. The number of methoxy groups -OCH3 is 1. The lowest BCUT2D eigenvalue weighted by atomic mass is 9.94. The van der Waals surface area contributed by atoms with Crippen LogP contribution in [0.4, 0.5) is 0 Å². The fourth-order valence-corrected chi connectivity index (χ4v) is 2.07. The number of benzene rings is 1. The van der Waals surface area contributed by atoms with Gasteiger partial charge in [-0.2, -0.15) is 0 Å². The third kappa shape index (κ3) is 2.00. The van der Waals surface area contributed by atoms with E-state index in [9.17, 15) is 4.79 Å². The maximum Gasteiger partial charge on any atom is 0.151 e. The molecular formula is C14H15NO2. The van der Waals surface area contributed by atoms with Crippen LogP contribution in [0.25, 0.3) is 10.9 Å². The van der Waals surface area contributed by atoms with E-state index in [1.165, 1.54) is 0 Å². The quantitative estimate of drug-likeness (QED) is 0.759. The molecular weight excluding hydrogens is 214 g/mol. The van der Waals surface area contributed by atoms with Crippen LogP contribution < -0.4 is 4.74 Å². The Bertz CT molecular complexity index is 561. The van der Waals surface area contributed by atoms with Crippen molar-refractivity contribution in [3.05, 3.63) is 35.5 Å². The van der Waals surface area contributed by atoms with Gasteiger partial charge in [-0.05, 0) is 29.7 Å². The summed E-state index contributed by atoms with van der Waals surface area (Å²) in [4.78, 5) is 15.3. The van der Waals surface area contributed by atoms with Crippen molar-refractivity contribution in [2.75, 3.05) is 7.11 Å². The summed E-state index contributed by atoms with van der Waals surface area (Å²) >= 11 is 0. The van der Waals surface area contributed by atoms with Gasteiger partial charge in [-0.25, -0.2) is 0 Å². The van der Waals surface area contributed by atoms with E-state index in [2.05, 4.69) is 18.8 Å². The van der Waals surface area contributed by atoms with Crippen LogP contribution in [0.3, 0.4) is 0 Å². The van der Waals surface area contributed by atoms with Gasteiger partial charge in [-0.15, -0.1) is 0 Å². The van der Waals surface area contributed by atoms with E-state index in [0.29, 0.717) is 5.56 Å². The van der Waals surface area contributed by atoms with Crippen LogP contribution in [-0.2, 0) is 0 Å². The predicted octanol–water partition coefficient (Wildman–Crippen LogP) is 3.18. The van der Waals surface area contributed by atoms with E-state index in [-0.39, 0.29) is 5.92 Å². The molecule has 0 N–H and O–H groups in total. The maximum absolute atomic E-state index is 11.1. The molecule has 0 saturated heterocycles. The Morgan fingerprint density at radius 3 is 2.71 bits per heavy atom. The lowest BCUT2D eigenvalue weighted by molar-refractivity contribution is 0.112. The van der Waals surface area contributed by atoms with Crippen LogP contribution in [0, 0.1) is 0 Å². The monoisotopic (exact) mass is 229 g/mol. The normalized spacial score (nSPS) is 10.8. The average Bonchev–Trinajstić information content (AvgIpc) is 2.36. The van der Waals surface area contributed by atoms with Crippen molar-refractivity contribution in [2.24, 2.45) is 0 Å². The van der Waals surface area contributed by atoms with Crippen LogP contribution in [0.2, 0.25) is 0 Å². The Kier molecular flexibility index (Phi) is 3.09. The molecule has 88 valence electrons. The Hall–Kier alpha value is -1.90. The highest BCUT2D eigenvalue weighted by Crippen LogP contribution is 2.29. The number of aldehydes is 1. The van der Waals surface area contributed by atoms with Crippen LogP contribution in [0.1, 0.15) is 35.7 Å². The molecule has 0 aliphatic carbocycles. The summed E-state index contributed by atoms with van der Waals surface area (Å²) < 4.78 is 5.21. The fourth-order valence-electron chi connectivity index (χ4n) is 2.07. The highest BCUT2D eigenvalue weighted by atomic mass is 16.5. The second kappa shape index (κ2) is 4.53. The van der Waals surface area contributed by atoms with Gasteiger partial charge in [0.15, 0.2) is 6.29 Å². The van der Waals surface area contributed by atoms with Crippen molar-refractivity contribution in [1.82, 2.24) is 4.98 Å². The zero-order valence-corrected chi connectivity index (χ0v) is 10.2. The topological polar surface area (TPSA) is 39.2 Å². The zero-order valence-electron chi connectivity index (χ0n) is 10.2. The Morgan fingerprint density at radius 2 is 2.12 bits per heavy atom. The minimum Gasteiger partial charge on any atom is -0.497 e. The molecule has 3 nitrogen and oxygen atoms in total. The zero-order chi connectivity index (χ0) is 12.4. The van der Waals surface area contributed by atoms with E-state index in [1.807, 2.05) is 18.2 Å². The third-order valence-electron chi connectivity index (χ3n) is 2.85. The van der Waals surface area contributed by atoms with Gasteiger partial charge in [0.2, 0.25) is 0 Å². The number of fused-ring (bicyclic) bond motifs is 1. The van der Waals surface area contributed by atoms with Gasteiger partial charge in [-0.1, -0.05) is 13.8 Å². The largest absolute Gasteiger partial charge is 0.497 e. The molecule has 17 heavy (non-hydrogen) atoms.